The van der Waals surface area contributed by atoms with Crippen LogP contribution < -0.4 is 4.90 Å². The van der Waals surface area contributed by atoms with Crippen LogP contribution in [0.1, 0.15) is 18.9 Å². The van der Waals surface area contributed by atoms with Gasteiger partial charge in [0.2, 0.25) is 5.91 Å². The van der Waals surface area contributed by atoms with E-state index < -0.39 is 27.4 Å². The molecule has 0 saturated carbocycles. The molecule has 1 heterocycles. The van der Waals surface area contributed by atoms with Gasteiger partial charge >= 0.3 is 5.51 Å². The average molecular weight is 441 g/mol. The molecule has 7 nitrogen and oxygen atoms in total. The Labute approximate surface area is 171 Å². The van der Waals surface area contributed by atoms with Crippen molar-refractivity contribution in [2.75, 3.05) is 4.90 Å². The molecule has 0 aliphatic heterocycles. The number of carbonyl (C=O) groups is 1. The molecule has 158 valence electrons. The number of aromatic nitrogens is 4. The Morgan fingerprint density at radius 2 is 1.90 bits per heavy atom. The lowest BCUT2D eigenvalue weighted by atomic mass is 10.1. The number of rotatable bonds is 6. The predicted molar refractivity (Wildman–Crippen MR) is 100.0 cm³/mol. The van der Waals surface area contributed by atoms with E-state index in [4.69, 9.17) is 0 Å². The van der Waals surface area contributed by atoms with Crippen molar-refractivity contribution in [1.82, 2.24) is 20.6 Å². The molecule has 1 N–H and O–H groups in total. The number of nitrogens with one attached hydrogen (secondary N) is 1. The Kier molecular flexibility index (Phi) is 6.37. The van der Waals surface area contributed by atoms with E-state index in [1.165, 1.54) is 29.2 Å². The molecule has 1 amide bonds. The molecule has 0 spiro atoms. The third-order valence-corrected chi connectivity index (χ3v) is 5.23. The van der Waals surface area contributed by atoms with Crippen LogP contribution in [0.25, 0.3) is 11.4 Å². The lowest BCUT2D eigenvalue weighted by Gasteiger charge is -2.23. The maximum absolute atomic E-state index is 14.2. The summed E-state index contributed by atoms with van der Waals surface area (Å²) in [7, 11) is 0. The minimum Gasteiger partial charge on any atom is -0.604 e. The second-order valence-corrected chi connectivity index (χ2v) is 7.61. The Morgan fingerprint density at radius 3 is 2.47 bits per heavy atom. The van der Waals surface area contributed by atoms with Crippen LogP contribution in [0, 0.1) is 5.82 Å². The van der Waals surface area contributed by atoms with E-state index in [1.807, 2.05) is 0 Å². The number of halogens is 4. The molecule has 12 heteroatoms. The summed E-state index contributed by atoms with van der Waals surface area (Å²) in [4.78, 5) is 13.4. The van der Waals surface area contributed by atoms with Gasteiger partial charge in [-0.2, -0.15) is 0 Å². The van der Waals surface area contributed by atoms with Crippen molar-refractivity contribution in [3.05, 3.63) is 53.8 Å². The van der Waals surface area contributed by atoms with Gasteiger partial charge in [-0.3, -0.25) is 4.79 Å². The topological polar surface area (TPSA) is 97.8 Å². The summed E-state index contributed by atoms with van der Waals surface area (Å²) in [6.45, 7) is 1.61. The van der Waals surface area contributed by atoms with Gasteiger partial charge in [-0.1, -0.05) is 19.1 Å². The highest BCUT2D eigenvalue weighted by Gasteiger charge is 2.45. The number of hydrogen-bond donors (Lipinski definition) is 1. The highest BCUT2D eigenvalue weighted by molar-refractivity contribution is 7.92. The van der Waals surface area contributed by atoms with Crippen molar-refractivity contribution in [2.24, 2.45) is 0 Å². The fourth-order valence-electron chi connectivity index (χ4n) is 2.70. The van der Waals surface area contributed by atoms with Crippen LogP contribution in [0.2, 0.25) is 0 Å². The third kappa shape index (κ3) is 4.94. The number of H-pyrrole nitrogens is 1. The minimum absolute atomic E-state index is 0.0246. The molecule has 3 rings (SSSR count). The lowest BCUT2D eigenvalue weighted by Crippen LogP contribution is -2.30. The van der Waals surface area contributed by atoms with Gasteiger partial charge in [0.1, 0.15) is 5.82 Å². The van der Waals surface area contributed by atoms with Crippen molar-refractivity contribution < 1.29 is 26.9 Å². The monoisotopic (exact) mass is 441 g/mol. The van der Waals surface area contributed by atoms with Crippen molar-refractivity contribution in [2.45, 2.75) is 30.3 Å². The molecule has 2 aromatic carbocycles. The number of carbonyl (C=O) groups excluding carboxylic acids is 1. The van der Waals surface area contributed by atoms with Gasteiger partial charge < -0.3 is 9.45 Å². The standard InChI is InChI=1S/C18H15F4N5O2S/c1-2-16(28)27(10-11-3-5-15(6-4-11)30(29)18(20,21)22)14-8-12(7-13(19)9-14)17-23-25-26-24-17/h3-9H,2,10H2,1H3,(H,23,24,25,26). The van der Waals surface area contributed by atoms with Crippen LogP contribution in [0.5, 0.6) is 0 Å². The highest BCUT2D eigenvalue weighted by Crippen LogP contribution is 2.31. The van der Waals surface area contributed by atoms with Crippen LogP contribution in [-0.2, 0) is 22.5 Å². The Hall–Kier alpha value is -2.99. The fourth-order valence-corrected chi connectivity index (χ4v) is 3.35. The van der Waals surface area contributed by atoms with Gasteiger partial charge in [0.15, 0.2) is 10.7 Å². The van der Waals surface area contributed by atoms with Crippen molar-refractivity contribution in [3.8, 4) is 11.4 Å². The number of anilines is 1. The van der Waals surface area contributed by atoms with Gasteiger partial charge in [0.25, 0.3) is 0 Å². The molecule has 0 radical (unpaired) electrons. The van der Waals surface area contributed by atoms with Gasteiger partial charge in [-0.05, 0) is 46.3 Å². The first-order valence-electron chi connectivity index (χ1n) is 8.61. The molecular weight excluding hydrogens is 426 g/mol. The average Bonchev–Trinajstić information content (AvgIpc) is 3.25. The first kappa shape index (κ1) is 21.7. The lowest BCUT2D eigenvalue weighted by molar-refractivity contribution is -0.118. The van der Waals surface area contributed by atoms with Crippen molar-refractivity contribution in [1.29, 1.82) is 0 Å². The molecule has 1 aromatic heterocycles. The summed E-state index contributed by atoms with van der Waals surface area (Å²) in [5.41, 5.74) is -3.83. The summed E-state index contributed by atoms with van der Waals surface area (Å²) >= 11 is -3.14. The first-order valence-corrected chi connectivity index (χ1v) is 9.76. The highest BCUT2D eigenvalue weighted by atomic mass is 32.2. The van der Waals surface area contributed by atoms with Crippen LogP contribution in [-0.4, -0.2) is 36.6 Å². The Balaban J connectivity index is 1.90. The molecule has 0 aliphatic rings. The van der Waals surface area contributed by atoms with Crippen molar-refractivity contribution >= 4 is 22.8 Å². The summed E-state index contributed by atoms with van der Waals surface area (Å²) < 4.78 is 63.4. The second-order valence-electron chi connectivity index (χ2n) is 6.14. The largest absolute Gasteiger partial charge is 0.604 e. The number of aromatic amines is 1. The number of tetrazole rings is 1. The number of nitrogens with zero attached hydrogens (tertiary/aromatic N) is 4. The SMILES string of the molecule is CCC(=O)N(Cc1ccc([S+]([O-])C(F)(F)F)cc1)c1cc(F)cc(-c2nnn[nH]2)c1. The number of benzene rings is 2. The van der Waals surface area contributed by atoms with E-state index in [2.05, 4.69) is 20.6 Å². The number of alkyl halides is 3. The maximum atomic E-state index is 14.2. The fraction of sp³-hybridized carbons (Fsp3) is 0.222. The number of hydrogen-bond acceptors (Lipinski definition) is 5. The van der Waals surface area contributed by atoms with Crippen LogP contribution in [0.4, 0.5) is 23.2 Å². The van der Waals surface area contributed by atoms with Crippen LogP contribution >= 0.6 is 0 Å². The molecular formula is C18H15F4N5O2S. The summed E-state index contributed by atoms with van der Waals surface area (Å²) in [5, 5.41) is 13.1. The van der Waals surface area contributed by atoms with Gasteiger partial charge in [-0.15, -0.1) is 18.3 Å². The van der Waals surface area contributed by atoms with E-state index >= 15 is 0 Å². The van der Waals surface area contributed by atoms with Crippen LogP contribution in [0.15, 0.2) is 47.4 Å². The van der Waals surface area contributed by atoms with E-state index in [0.29, 0.717) is 11.1 Å². The van der Waals surface area contributed by atoms with Crippen molar-refractivity contribution in [3.63, 3.8) is 0 Å². The Bertz CT molecular complexity index is 1010. The summed E-state index contributed by atoms with van der Waals surface area (Å²) in [5.74, 6) is -0.743. The summed E-state index contributed by atoms with van der Waals surface area (Å²) in [6, 6.07) is 8.74. The van der Waals surface area contributed by atoms with Gasteiger partial charge in [0, 0.05) is 17.7 Å². The second kappa shape index (κ2) is 8.79. The Morgan fingerprint density at radius 1 is 1.20 bits per heavy atom. The zero-order valence-electron chi connectivity index (χ0n) is 15.5. The third-order valence-electron chi connectivity index (χ3n) is 4.10. The van der Waals surface area contributed by atoms with Gasteiger partial charge in [-0.25, -0.2) is 9.49 Å². The number of amides is 1. The molecule has 1 unspecified atom stereocenters. The molecule has 0 bridgehead atoms. The molecule has 0 saturated heterocycles. The van der Waals surface area contributed by atoms with E-state index in [0.717, 1.165) is 18.2 Å². The first-order chi connectivity index (χ1) is 14.2. The van der Waals surface area contributed by atoms with Crippen LogP contribution in [0.3, 0.4) is 0 Å². The zero-order valence-corrected chi connectivity index (χ0v) is 16.3. The quantitative estimate of drug-likeness (QED) is 0.466. The normalized spacial score (nSPS) is 12.6. The van der Waals surface area contributed by atoms with E-state index in [9.17, 15) is 26.9 Å². The smallest absolute Gasteiger partial charge is 0.578 e. The molecule has 30 heavy (non-hydrogen) atoms. The van der Waals surface area contributed by atoms with Gasteiger partial charge in [0.05, 0.1) is 17.7 Å². The molecule has 3 aromatic rings. The molecule has 0 aliphatic carbocycles. The molecule has 0 fully saturated rings. The zero-order chi connectivity index (χ0) is 21.9. The van der Waals surface area contributed by atoms with E-state index in [-0.39, 0.29) is 30.4 Å². The maximum Gasteiger partial charge on any atom is 0.578 e. The molecule has 1 atom stereocenters. The van der Waals surface area contributed by atoms with E-state index in [1.54, 1.807) is 6.92 Å². The minimum atomic E-state index is -4.86. The summed E-state index contributed by atoms with van der Waals surface area (Å²) in [6.07, 6.45) is 0.117. The predicted octanol–water partition coefficient (Wildman–Crippen LogP) is 3.58.